The van der Waals surface area contributed by atoms with Crippen LogP contribution in [-0.4, -0.2) is 45.2 Å². The number of aryl methyl sites for hydroxylation is 2. The van der Waals surface area contributed by atoms with Crippen molar-refractivity contribution in [2.75, 3.05) is 39.2 Å². The van der Waals surface area contributed by atoms with Gasteiger partial charge in [-0.3, -0.25) is 9.69 Å². The first kappa shape index (κ1) is 20.6. The molecule has 3 rings (SSSR count). The van der Waals surface area contributed by atoms with Gasteiger partial charge in [-0.1, -0.05) is 40.6 Å². The molecule has 28 heavy (non-hydrogen) atoms. The maximum atomic E-state index is 13.4. The second kappa shape index (κ2) is 8.47. The fourth-order valence-corrected chi connectivity index (χ4v) is 4.32. The van der Waals surface area contributed by atoms with E-state index in [1.54, 1.807) is 24.1 Å². The fraction of sp³-hybridized carbons (Fsp3) is 0.333. The summed E-state index contributed by atoms with van der Waals surface area (Å²) < 4.78 is 6.25. The van der Waals surface area contributed by atoms with E-state index in [-0.39, 0.29) is 5.91 Å². The number of benzene rings is 2. The molecule has 0 radical (unpaired) electrons. The number of nitrogens with one attached hydrogen (secondary N) is 1. The average molecular weight is 419 g/mol. The number of ether oxygens (including phenoxy) is 1. The van der Waals surface area contributed by atoms with E-state index in [1.807, 2.05) is 32.0 Å². The SMILES string of the molecule is COc1ccc(Cl)c2sc(N(CC[NH+](C)C)C(=O)c3ccc(C)cc3C)nc12. The number of hydrogen-bond acceptors (Lipinski definition) is 4. The van der Waals surface area contributed by atoms with E-state index in [2.05, 4.69) is 14.1 Å². The number of fused-ring (bicyclic) bond motifs is 1. The van der Waals surface area contributed by atoms with Gasteiger partial charge in [-0.2, -0.15) is 0 Å². The normalized spacial score (nSPS) is 11.2. The molecule has 0 bridgehead atoms. The Morgan fingerprint density at radius 1 is 1.25 bits per heavy atom. The molecule has 148 valence electrons. The summed E-state index contributed by atoms with van der Waals surface area (Å²) in [5.41, 5.74) is 3.47. The number of rotatable bonds is 6. The standard InChI is InChI=1S/C21H24ClN3O2S/c1-13-6-7-15(14(2)12-13)20(26)25(11-10-24(3)4)21-23-18-17(27-5)9-8-16(22)19(18)28-21/h6-9,12H,10-11H2,1-5H3/p+1. The molecule has 3 aromatic rings. The molecule has 0 atom stereocenters. The predicted octanol–water partition coefficient (Wildman–Crippen LogP) is 3.37. The van der Waals surface area contributed by atoms with Crippen LogP contribution in [0.2, 0.25) is 5.02 Å². The molecule has 1 amide bonds. The van der Waals surface area contributed by atoms with Crippen LogP contribution in [0.5, 0.6) is 5.75 Å². The third-order valence-corrected chi connectivity index (χ3v) is 6.13. The Balaban J connectivity index is 2.08. The van der Waals surface area contributed by atoms with Crippen LogP contribution in [-0.2, 0) is 0 Å². The van der Waals surface area contributed by atoms with Gasteiger partial charge in [0.2, 0.25) is 0 Å². The van der Waals surface area contributed by atoms with Crippen LogP contribution < -0.4 is 14.5 Å². The molecule has 0 aliphatic heterocycles. The summed E-state index contributed by atoms with van der Waals surface area (Å²) in [5.74, 6) is 0.604. The number of anilines is 1. The Morgan fingerprint density at radius 3 is 2.64 bits per heavy atom. The Bertz CT molecular complexity index is 1020. The molecule has 0 saturated heterocycles. The number of likely N-dealkylation sites (N-methyl/N-ethyl adjacent to an activating group) is 1. The van der Waals surface area contributed by atoms with Crippen molar-refractivity contribution < 1.29 is 14.4 Å². The number of methoxy groups -OCH3 is 1. The minimum absolute atomic E-state index is 0.0482. The Kier molecular flexibility index (Phi) is 6.23. The quantitative estimate of drug-likeness (QED) is 0.667. The molecule has 1 N–H and O–H groups in total. The van der Waals surface area contributed by atoms with E-state index in [1.165, 1.54) is 16.2 Å². The molecule has 7 heteroatoms. The van der Waals surface area contributed by atoms with Gasteiger partial charge in [-0.15, -0.1) is 0 Å². The van der Waals surface area contributed by atoms with Crippen molar-refractivity contribution in [3.8, 4) is 5.75 Å². The zero-order valence-electron chi connectivity index (χ0n) is 16.8. The number of hydrogen-bond donors (Lipinski definition) is 1. The Morgan fingerprint density at radius 2 is 2.00 bits per heavy atom. The van der Waals surface area contributed by atoms with Gasteiger partial charge in [0.05, 0.1) is 44.0 Å². The van der Waals surface area contributed by atoms with Gasteiger partial charge in [0.15, 0.2) is 5.13 Å². The highest BCUT2D eigenvalue weighted by atomic mass is 35.5. The number of halogens is 1. The van der Waals surface area contributed by atoms with Gasteiger partial charge in [-0.05, 0) is 37.6 Å². The maximum absolute atomic E-state index is 13.4. The molecular formula is C21H25ClN3O2S+. The van der Waals surface area contributed by atoms with Crippen molar-refractivity contribution in [2.24, 2.45) is 0 Å². The first-order chi connectivity index (χ1) is 13.3. The Hall–Kier alpha value is -2.15. The molecule has 0 aliphatic carbocycles. The van der Waals surface area contributed by atoms with Crippen molar-refractivity contribution >= 4 is 44.2 Å². The summed E-state index contributed by atoms with van der Waals surface area (Å²) in [6.45, 7) is 5.36. The van der Waals surface area contributed by atoms with Crippen LogP contribution in [0, 0.1) is 13.8 Å². The van der Waals surface area contributed by atoms with Crippen molar-refractivity contribution in [2.45, 2.75) is 13.8 Å². The highest BCUT2D eigenvalue weighted by Crippen LogP contribution is 2.39. The molecule has 1 heterocycles. The third kappa shape index (κ3) is 4.14. The van der Waals surface area contributed by atoms with Gasteiger partial charge in [-0.25, -0.2) is 4.98 Å². The molecule has 0 saturated carbocycles. The van der Waals surface area contributed by atoms with Gasteiger partial charge >= 0.3 is 0 Å². The maximum Gasteiger partial charge on any atom is 0.260 e. The molecule has 2 aromatic carbocycles. The van der Waals surface area contributed by atoms with Crippen molar-refractivity contribution in [3.63, 3.8) is 0 Å². The highest BCUT2D eigenvalue weighted by Gasteiger charge is 2.24. The first-order valence-corrected chi connectivity index (χ1v) is 10.3. The zero-order valence-corrected chi connectivity index (χ0v) is 18.4. The molecule has 5 nitrogen and oxygen atoms in total. The second-order valence-corrected chi connectivity index (χ2v) is 8.54. The number of amides is 1. The molecule has 0 aliphatic rings. The van der Waals surface area contributed by atoms with Gasteiger partial charge in [0.1, 0.15) is 11.3 Å². The van der Waals surface area contributed by atoms with E-state index in [9.17, 15) is 4.79 Å². The van der Waals surface area contributed by atoms with Crippen LogP contribution in [0.3, 0.4) is 0 Å². The van der Waals surface area contributed by atoms with Crippen molar-refractivity contribution in [1.82, 2.24) is 4.98 Å². The van der Waals surface area contributed by atoms with Crippen LogP contribution in [0.4, 0.5) is 5.13 Å². The largest absolute Gasteiger partial charge is 0.494 e. The van der Waals surface area contributed by atoms with Crippen LogP contribution in [0.1, 0.15) is 21.5 Å². The molecule has 1 aromatic heterocycles. The molecule has 0 fully saturated rings. The number of thiazole rings is 1. The number of quaternary nitrogens is 1. The summed E-state index contributed by atoms with van der Waals surface area (Å²) in [6, 6.07) is 9.48. The number of aromatic nitrogens is 1. The number of carbonyl (C=O) groups is 1. The van der Waals surface area contributed by atoms with E-state index >= 15 is 0 Å². The minimum atomic E-state index is -0.0482. The van der Waals surface area contributed by atoms with E-state index in [4.69, 9.17) is 21.3 Å². The van der Waals surface area contributed by atoms with Gasteiger partial charge in [0.25, 0.3) is 5.91 Å². The zero-order chi connectivity index (χ0) is 20.4. The van der Waals surface area contributed by atoms with E-state index in [0.717, 1.165) is 22.4 Å². The summed E-state index contributed by atoms with van der Waals surface area (Å²) in [4.78, 5) is 21.2. The highest BCUT2D eigenvalue weighted by molar-refractivity contribution is 7.23. The molecule has 0 unspecified atom stereocenters. The van der Waals surface area contributed by atoms with E-state index in [0.29, 0.717) is 33.5 Å². The van der Waals surface area contributed by atoms with E-state index < -0.39 is 0 Å². The Labute approximate surface area is 174 Å². The number of carbonyl (C=O) groups excluding carboxylic acids is 1. The summed E-state index contributed by atoms with van der Waals surface area (Å²) in [6.07, 6.45) is 0. The topological polar surface area (TPSA) is 46.9 Å². The average Bonchev–Trinajstić information content (AvgIpc) is 3.08. The van der Waals surface area contributed by atoms with Crippen molar-refractivity contribution in [3.05, 3.63) is 52.0 Å². The van der Waals surface area contributed by atoms with Crippen molar-refractivity contribution in [1.29, 1.82) is 0 Å². The number of nitrogens with zero attached hydrogens (tertiary/aromatic N) is 2. The van der Waals surface area contributed by atoms with Crippen LogP contribution in [0.15, 0.2) is 30.3 Å². The van der Waals surface area contributed by atoms with Gasteiger partial charge in [0, 0.05) is 5.56 Å². The predicted molar refractivity (Wildman–Crippen MR) is 116 cm³/mol. The third-order valence-electron chi connectivity index (χ3n) is 4.59. The first-order valence-electron chi connectivity index (χ1n) is 9.13. The lowest BCUT2D eigenvalue weighted by Crippen LogP contribution is -3.06. The van der Waals surface area contributed by atoms with Crippen LogP contribution in [0.25, 0.3) is 10.2 Å². The van der Waals surface area contributed by atoms with Gasteiger partial charge < -0.3 is 9.64 Å². The molecule has 0 spiro atoms. The summed E-state index contributed by atoms with van der Waals surface area (Å²) >= 11 is 7.80. The lowest BCUT2D eigenvalue weighted by molar-refractivity contribution is -0.856. The minimum Gasteiger partial charge on any atom is -0.494 e. The summed E-state index contributed by atoms with van der Waals surface area (Å²) in [5, 5.41) is 1.24. The fourth-order valence-electron chi connectivity index (χ4n) is 3.04. The van der Waals surface area contributed by atoms with Crippen LogP contribution >= 0.6 is 22.9 Å². The molecular weight excluding hydrogens is 394 g/mol. The second-order valence-electron chi connectivity index (χ2n) is 7.16. The summed E-state index contributed by atoms with van der Waals surface area (Å²) in [7, 11) is 5.74. The lowest BCUT2D eigenvalue weighted by atomic mass is 10.0. The monoisotopic (exact) mass is 418 g/mol. The lowest BCUT2D eigenvalue weighted by Gasteiger charge is -2.21. The smallest absolute Gasteiger partial charge is 0.260 e.